The van der Waals surface area contributed by atoms with Gasteiger partial charge in [0.25, 0.3) is 0 Å². The van der Waals surface area contributed by atoms with Crippen molar-refractivity contribution in [3.8, 4) is 0 Å². The van der Waals surface area contributed by atoms with Crippen LogP contribution in [0.25, 0.3) is 0 Å². The second-order valence-electron chi connectivity index (χ2n) is 6.03. The molecule has 2 N–H and O–H groups in total. The molecular weight excluding hydrogens is 196 g/mol. The van der Waals surface area contributed by atoms with Crippen molar-refractivity contribution in [1.29, 1.82) is 0 Å². The summed E-state index contributed by atoms with van der Waals surface area (Å²) in [6, 6.07) is 0. The van der Waals surface area contributed by atoms with Gasteiger partial charge in [0.05, 0.1) is 0 Å². The Morgan fingerprint density at radius 3 is 2.62 bits per heavy atom. The lowest BCUT2D eigenvalue weighted by atomic mass is 9.72. The van der Waals surface area contributed by atoms with Crippen LogP contribution in [-0.2, 0) is 0 Å². The predicted molar refractivity (Wildman–Crippen MR) is 71.5 cm³/mol. The maximum absolute atomic E-state index is 5.70. The van der Waals surface area contributed by atoms with E-state index in [1.807, 2.05) is 0 Å². The lowest BCUT2D eigenvalue weighted by molar-refractivity contribution is 0.0508. The van der Waals surface area contributed by atoms with Gasteiger partial charge in [-0.1, -0.05) is 33.6 Å². The Morgan fingerprint density at radius 2 is 2.06 bits per heavy atom. The molecule has 0 aromatic rings. The smallest absolute Gasteiger partial charge is 0.00353 e. The first kappa shape index (κ1) is 14.0. The minimum absolute atomic E-state index is 0.462. The largest absolute Gasteiger partial charge is 0.330 e. The fourth-order valence-corrected chi connectivity index (χ4v) is 3.03. The summed E-state index contributed by atoms with van der Waals surface area (Å²) in [4.78, 5) is 2.66. The van der Waals surface area contributed by atoms with E-state index in [1.54, 1.807) is 0 Å². The first-order valence-corrected chi connectivity index (χ1v) is 7.02. The Balaban J connectivity index is 2.35. The van der Waals surface area contributed by atoms with Crippen LogP contribution in [0.4, 0.5) is 0 Å². The van der Waals surface area contributed by atoms with Crippen molar-refractivity contribution in [3.05, 3.63) is 0 Å². The van der Waals surface area contributed by atoms with Crippen LogP contribution < -0.4 is 5.73 Å². The van der Waals surface area contributed by atoms with Gasteiger partial charge in [-0.15, -0.1) is 0 Å². The molecule has 1 fully saturated rings. The molecule has 1 aliphatic rings. The van der Waals surface area contributed by atoms with Crippen LogP contribution >= 0.6 is 0 Å². The molecule has 0 spiro atoms. The van der Waals surface area contributed by atoms with Crippen molar-refractivity contribution in [3.63, 3.8) is 0 Å². The Morgan fingerprint density at radius 1 is 1.31 bits per heavy atom. The van der Waals surface area contributed by atoms with Crippen LogP contribution in [0.1, 0.15) is 52.9 Å². The SMILES string of the molecule is CCCCCN1CCC(CCN)C(C)(C)C1. The third-order valence-corrected chi connectivity index (χ3v) is 4.12. The van der Waals surface area contributed by atoms with E-state index in [1.165, 1.54) is 51.7 Å². The highest BCUT2D eigenvalue weighted by Gasteiger charge is 2.34. The third kappa shape index (κ3) is 4.06. The van der Waals surface area contributed by atoms with E-state index >= 15 is 0 Å². The van der Waals surface area contributed by atoms with Gasteiger partial charge in [-0.2, -0.15) is 0 Å². The molecule has 0 aromatic carbocycles. The quantitative estimate of drug-likeness (QED) is 0.706. The second kappa shape index (κ2) is 6.61. The average molecular weight is 226 g/mol. The molecule has 0 amide bonds. The molecule has 1 unspecified atom stereocenters. The van der Waals surface area contributed by atoms with E-state index in [0.717, 1.165) is 12.5 Å². The zero-order valence-corrected chi connectivity index (χ0v) is 11.5. The molecule has 1 rings (SSSR count). The number of hydrogen-bond acceptors (Lipinski definition) is 2. The van der Waals surface area contributed by atoms with Crippen molar-refractivity contribution in [2.75, 3.05) is 26.2 Å². The molecule has 0 aliphatic carbocycles. The second-order valence-corrected chi connectivity index (χ2v) is 6.03. The monoisotopic (exact) mass is 226 g/mol. The molecule has 0 radical (unpaired) electrons. The predicted octanol–water partition coefficient (Wildman–Crippen LogP) is 2.87. The lowest BCUT2D eigenvalue weighted by Gasteiger charge is -2.44. The van der Waals surface area contributed by atoms with Crippen molar-refractivity contribution >= 4 is 0 Å². The standard InChI is InChI=1S/C14H30N2/c1-4-5-6-10-16-11-8-13(7-9-15)14(2,3)12-16/h13H,4-12,15H2,1-3H3. The Hall–Kier alpha value is -0.0800. The van der Waals surface area contributed by atoms with Crippen LogP contribution in [0.15, 0.2) is 0 Å². The number of unbranched alkanes of at least 4 members (excludes halogenated alkanes) is 2. The van der Waals surface area contributed by atoms with Gasteiger partial charge in [-0.05, 0) is 50.2 Å². The van der Waals surface area contributed by atoms with Crippen molar-refractivity contribution in [1.82, 2.24) is 4.90 Å². The van der Waals surface area contributed by atoms with Crippen molar-refractivity contribution < 1.29 is 0 Å². The minimum atomic E-state index is 0.462. The van der Waals surface area contributed by atoms with E-state index in [-0.39, 0.29) is 0 Å². The van der Waals surface area contributed by atoms with Gasteiger partial charge in [-0.25, -0.2) is 0 Å². The number of nitrogens with zero attached hydrogens (tertiary/aromatic N) is 1. The average Bonchev–Trinajstić information content (AvgIpc) is 2.22. The van der Waals surface area contributed by atoms with E-state index < -0.39 is 0 Å². The number of rotatable bonds is 6. The van der Waals surface area contributed by atoms with Crippen molar-refractivity contribution in [2.45, 2.75) is 52.9 Å². The van der Waals surface area contributed by atoms with Crippen LogP contribution in [-0.4, -0.2) is 31.1 Å². The van der Waals surface area contributed by atoms with Gasteiger partial charge < -0.3 is 10.6 Å². The maximum atomic E-state index is 5.70. The fraction of sp³-hybridized carbons (Fsp3) is 1.00. The molecule has 1 atom stereocenters. The summed E-state index contributed by atoms with van der Waals surface area (Å²) in [6.45, 7) is 11.8. The van der Waals surface area contributed by atoms with E-state index in [0.29, 0.717) is 5.41 Å². The number of likely N-dealkylation sites (tertiary alicyclic amines) is 1. The zero-order chi connectivity index (χ0) is 12.0. The molecule has 1 heterocycles. The summed E-state index contributed by atoms with van der Waals surface area (Å²) in [5.41, 5.74) is 6.16. The molecule has 96 valence electrons. The topological polar surface area (TPSA) is 29.3 Å². The molecular formula is C14H30N2. The van der Waals surface area contributed by atoms with Gasteiger partial charge in [-0.3, -0.25) is 0 Å². The summed E-state index contributed by atoms with van der Waals surface area (Å²) in [7, 11) is 0. The highest BCUT2D eigenvalue weighted by atomic mass is 15.1. The van der Waals surface area contributed by atoms with E-state index in [4.69, 9.17) is 5.73 Å². The molecule has 0 aromatic heterocycles. The highest BCUT2D eigenvalue weighted by molar-refractivity contribution is 4.87. The Kier molecular flexibility index (Phi) is 5.77. The molecule has 1 aliphatic heterocycles. The molecule has 0 saturated carbocycles. The summed E-state index contributed by atoms with van der Waals surface area (Å²) < 4.78 is 0. The van der Waals surface area contributed by atoms with Crippen LogP contribution in [0.5, 0.6) is 0 Å². The minimum Gasteiger partial charge on any atom is -0.330 e. The van der Waals surface area contributed by atoms with Crippen LogP contribution in [0.3, 0.4) is 0 Å². The van der Waals surface area contributed by atoms with E-state index in [9.17, 15) is 0 Å². The van der Waals surface area contributed by atoms with Gasteiger partial charge >= 0.3 is 0 Å². The molecule has 2 nitrogen and oxygen atoms in total. The summed E-state index contributed by atoms with van der Waals surface area (Å²) >= 11 is 0. The van der Waals surface area contributed by atoms with Gasteiger partial charge in [0.1, 0.15) is 0 Å². The maximum Gasteiger partial charge on any atom is 0.00353 e. The number of nitrogens with two attached hydrogens (primary N) is 1. The van der Waals surface area contributed by atoms with Crippen LogP contribution in [0, 0.1) is 11.3 Å². The first-order valence-electron chi connectivity index (χ1n) is 7.02. The van der Waals surface area contributed by atoms with Gasteiger partial charge in [0.15, 0.2) is 0 Å². The Bertz CT molecular complexity index is 189. The summed E-state index contributed by atoms with van der Waals surface area (Å²) in [6.07, 6.45) is 6.62. The first-order chi connectivity index (χ1) is 7.60. The normalized spacial score (nSPS) is 25.9. The number of piperidine rings is 1. The molecule has 1 saturated heterocycles. The highest BCUT2D eigenvalue weighted by Crippen LogP contribution is 2.36. The van der Waals surface area contributed by atoms with Gasteiger partial charge in [0, 0.05) is 6.54 Å². The molecule has 0 bridgehead atoms. The third-order valence-electron chi connectivity index (χ3n) is 4.12. The Labute approximate surface area is 102 Å². The molecule has 16 heavy (non-hydrogen) atoms. The fourth-order valence-electron chi connectivity index (χ4n) is 3.03. The van der Waals surface area contributed by atoms with Gasteiger partial charge in [0.2, 0.25) is 0 Å². The summed E-state index contributed by atoms with van der Waals surface area (Å²) in [5, 5.41) is 0. The lowest BCUT2D eigenvalue weighted by Crippen LogP contribution is -2.46. The van der Waals surface area contributed by atoms with E-state index in [2.05, 4.69) is 25.7 Å². The van der Waals surface area contributed by atoms with Crippen molar-refractivity contribution in [2.24, 2.45) is 17.1 Å². The molecule has 2 heteroatoms. The zero-order valence-electron chi connectivity index (χ0n) is 11.5. The summed E-state index contributed by atoms with van der Waals surface area (Å²) in [5.74, 6) is 0.833. The van der Waals surface area contributed by atoms with Crippen LogP contribution in [0.2, 0.25) is 0 Å². The number of hydrogen-bond donors (Lipinski definition) is 1.